The van der Waals surface area contributed by atoms with E-state index in [4.69, 9.17) is 0 Å². The van der Waals surface area contributed by atoms with Gasteiger partial charge in [0.2, 0.25) is 0 Å². The summed E-state index contributed by atoms with van der Waals surface area (Å²) in [6, 6.07) is 4.00. The number of nitrogens with zero attached hydrogens (tertiary/aromatic N) is 1. The molecule has 4 heteroatoms. The number of piperazine rings is 1. The first-order valence-corrected chi connectivity index (χ1v) is 7.22. The highest BCUT2D eigenvalue weighted by molar-refractivity contribution is 9.10. The summed E-state index contributed by atoms with van der Waals surface area (Å²) in [6.07, 6.45) is 0. The van der Waals surface area contributed by atoms with Gasteiger partial charge < -0.3 is 10.2 Å². The Morgan fingerprint density at radius 1 is 1.44 bits per heavy atom. The van der Waals surface area contributed by atoms with E-state index in [1.165, 1.54) is 0 Å². The zero-order valence-electron chi connectivity index (χ0n) is 11.1. The lowest BCUT2D eigenvalue weighted by Crippen LogP contribution is -2.53. The molecule has 1 heterocycles. The second kappa shape index (κ2) is 5.57. The number of halogens is 2. The Kier molecular flexibility index (Phi) is 4.28. The maximum Gasteiger partial charge on any atom is 0.137 e. The van der Waals surface area contributed by atoms with Gasteiger partial charge in [0, 0.05) is 31.4 Å². The van der Waals surface area contributed by atoms with Crippen LogP contribution in [0.1, 0.15) is 19.4 Å². The van der Waals surface area contributed by atoms with Crippen LogP contribution in [0, 0.1) is 18.7 Å². The molecule has 0 amide bonds. The van der Waals surface area contributed by atoms with Crippen molar-refractivity contribution in [3.05, 3.63) is 28.0 Å². The van der Waals surface area contributed by atoms with Crippen LogP contribution in [0.25, 0.3) is 0 Å². The lowest BCUT2D eigenvalue weighted by Gasteiger charge is -2.38. The Balaban J connectivity index is 2.23. The van der Waals surface area contributed by atoms with Crippen molar-refractivity contribution in [2.45, 2.75) is 26.8 Å². The molecule has 1 aromatic rings. The monoisotopic (exact) mass is 314 g/mol. The van der Waals surface area contributed by atoms with E-state index < -0.39 is 0 Å². The number of rotatable bonds is 2. The van der Waals surface area contributed by atoms with Crippen LogP contribution in [0.3, 0.4) is 0 Å². The molecule has 1 saturated heterocycles. The summed E-state index contributed by atoms with van der Waals surface area (Å²) in [6.45, 7) is 9.37. The molecule has 1 aliphatic rings. The van der Waals surface area contributed by atoms with Gasteiger partial charge in [0.25, 0.3) is 0 Å². The van der Waals surface area contributed by atoms with E-state index in [2.05, 4.69) is 40.0 Å². The van der Waals surface area contributed by atoms with Crippen molar-refractivity contribution in [3.63, 3.8) is 0 Å². The first-order valence-electron chi connectivity index (χ1n) is 6.43. The number of hydrogen-bond donors (Lipinski definition) is 1. The zero-order valence-corrected chi connectivity index (χ0v) is 12.7. The molecule has 1 atom stereocenters. The molecule has 0 aromatic heterocycles. The van der Waals surface area contributed by atoms with Crippen LogP contribution in [0.5, 0.6) is 0 Å². The smallest absolute Gasteiger partial charge is 0.137 e. The number of hydrogen-bond acceptors (Lipinski definition) is 2. The van der Waals surface area contributed by atoms with Crippen molar-refractivity contribution in [2.75, 3.05) is 24.5 Å². The highest BCUT2D eigenvalue weighted by atomic mass is 79.9. The van der Waals surface area contributed by atoms with Crippen LogP contribution < -0.4 is 10.2 Å². The number of benzene rings is 1. The molecule has 2 nitrogen and oxygen atoms in total. The third-order valence-electron chi connectivity index (χ3n) is 3.59. The molecular formula is C14H20BrFN2. The van der Waals surface area contributed by atoms with Crippen LogP contribution >= 0.6 is 15.9 Å². The molecule has 100 valence electrons. The summed E-state index contributed by atoms with van der Waals surface area (Å²) in [7, 11) is 0. The summed E-state index contributed by atoms with van der Waals surface area (Å²) < 4.78 is 14.0. The second-order valence-electron chi connectivity index (χ2n) is 5.30. The summed E-state index contributed by atoms with van der Waals surface area (Å²) in [5, 5.41) is 3.54. The van der Waals surface area contributed by atoms with Gasteiger partial charge in [-0.15, -0.1) is 0 Å². The highest BCUT2D eigenvalue weighted by Crippen LogP contribution is 2.28. The minimum Gasteiger partial charge on any atom is -0.368 e. The molecule has 1 aliphatic heterocycles. The Bertz CT molecular complexity index is 434. The van der Waals surface area contributed by atoms with Gasteiger partial charge in [-0.25, -0.2) is 4.39 Å². The molecule has 0 saturated carbocycles. The molecule has 2 rings (SSSR count). The third-order valence-corrected chi connectivity index (χ3v) is 4.20. The van der Waals surface area contributed by atoms with Crippen molar-refractivity contribution in [1.29, 1.82) is 0 Å². The van der Waals surface area contributed by atoms with E-state index in [-0.39, 0.29) is 5.82 Å². The van der Waals surface area contributed by atoms with Gasteiger partial charge in [-0.1, -0.05) is 13.8 Å². The van der Waals surface area contributed by atoms with Crippen LogP contribution in [0.2, 0.25) is 0 Å². The van der Waals surface area contributed by atoms with Crippen molar-refractivity contribution < 1.29 is 4.39 Å². The van der Waals surface area contributed by atoms with E-state index in [9.17, 15) is 4.39 Å². The molecule has 1 unspecified atom stereocenters. The Labute approximate surface area is 117 Å². The topological polar surface area (TPSA) is 15.3 Å². The maximum atomic E-state index is 13.5. The lowest BCUT2D eigenvalue weighted by atomic mass is 10.0. The molecule has 18 heavy (non-hydrogen) atoms. The van der Waals surface area contributed by atoms with E-state index in [1.54, 1.807) is 6.07 Å². The van der Waals surface area contributed by atoms with Crippen molar-refractivity contribution in [1.82, 2.24) is 5.32 Å². The molecular weight excluding hydrogens is 295 g/mol. The number of anilines is 1. The van der Waals surface area contributed by atoms with Gasteiger partial charge >= 0.3 is 0 Å². The van der Waals surface area contributed by atoms with E-state index in [1.807, 2.05) is 13.0 Å². The molecule has 0 bridgehead atoms. The predicted octanol–water partition coefficient (Wildman–Crippen LogP) is 3.33. The molecule has 1 N–H and O–H groups in total. The van der Waals surface area contributed by atoms with E-state index in [0.29, 0.717) is 16.4 Å². The molecule has 1 aromatic carbocycles. The average molecular weight is 315 g/mol. The minimum atomic E-state index is -0.188. The summed E-state index contributed by atoms with van der Waals surface area (Å²) in [5.74, 6) is 0.420. The zero-order chi connectivity index (χ0) is 13.3. The lowest BCUT2D eigenvalue weighted by molar-refractivity contribution is 0.368. The molecule has 1 fully saturated rings. The van der Waals surface area contributed by atoms with Gasteiger partial charge in [-0.2, -0.15) is 0 Å². The normalized spacial score (nSPS) is 20.6. The quantitative estimate of drug-likeness (QED) is 0.900. The fraction of sp³-hybridized carbons (Fsp3) is 0.571. The fourth-order valence-electron chi connectivity index (χ4n) is 2.42. The van der Waals surface area contributed by atoms with Crippen LogP contribution in [-0.4, -0.2) is 25.7 Å². The van der Waals surface area contributed by atoms with E-state index in [0.717, 1.165) is 30.9 Å². The van der Waals surface area contributed by atoms with Crippen LogP contribution in [0.4, 0.5) is 10.1 Å². The van der Waals surface area contributed by atoms with Crippen molar-refractivity contribution in [2.24, 2.45) is 5.92 Å². The summed E-state index contributed by atoms with van der Waals surface area (Å²) >= 11 is 3.27. The van der Waals surface area contributed by atoms with Gasteiger partial charge in [-0.3, -0.25) is 0 Å². The van der Waals surface area contributed by atoms with E-state index >= 15 is 0 Å². The SMILES string of the molecule is Cc1cc(F)c(Br)cc1N1CCNC(C(C)C)C1. The maximum absolute atomic E-state index is 13.5. The average Bonchev–Trinajstić information content (AvgIpc) is 2.34. The van der Waals surface area contributed by atoms with Gasteiger partial charge in [0.05, 0.1) is 4.47 Å². The van der Waals surface area contributed by atoms with Gasteiger partial charge in [-0.05, 0) is 46.5 Å². The van der Waals surface area contributed by atoms with Crippen molar-refractivity contribution >= 4 is 21.6 Å². The largest absolute Gasteiger partial charge is 0.368 e. The Morgan fingerprint density at radius 2 is 2.17 bits per heavy atom. The standard InChI is InChI=1S/C14H20BrFN2/c1-9(2)13-8-18(5-4-17-13)14-7-11(15)12(16)6-10(14)3/h6-7,9,13,17H,4-5,8H2,1-3H3. The van der Waals surface area contributed by atoms with Crippen LogP contribution in [0.15, 0.2) is 16.6 Å². The highest BCUT2D eigenvalue weighted by Gasteiger charge is 2.23. The molecule has 0 aliphatic carbocycles. The first kappa shape index (κ1) is 13.8. The Hall–Kier alpha value is -0.610. The van der Waals surface area contributed by atoms with Gasteiger partial charge in [0.15, 0.2) is 0 Å². The number of nitrogens with one attached hydrogen (secondary N) is 1. The summed E-state index contributed by atoms with van der Waals surface area (Å²) in [4.78, 5) is 2.35. The third kappa shape index (κ3) is 2.86. The minimum absolute atomic E-state index is 0.188. The molecule has 0 spiro atoms. The second-order valence-corrected chi connectivity index (χ2v) is 6.16. The van der Waals surface area contributed by atoms with Crippen LogP contribution in [-0.2, 0) is 0 Å². The first-order chi connectivity index (χ1) is 8.49. The fourth-order valence-corrected chi connectivity index (χ4v) is 2.75. The Morgan fingerprint density at radius 3 is 2.83 bits per heavy atom. The summed E-state index contributed by atoms with van der Waals surface area (Å²) in [5.41, 5.74) is 2.13. The van der Waals surface area contributed by atoms with Crippen molar-refractivity contribution in [3.8, 4) is 0 Å². The van der Waals surface area contributed by atoms with Gasteiger partial charge in [0.1, 0.15) is 5.82 Å². The number of aryl methyl sites for hydroxylation is 1. The predicted molar refractivity (Wildman–Crippen MR) is 77.7 cm³/mol. The molecule has 0 radical (unpaired) electrons.